The Morgan fingerprint density at radius 3 is 2.05 bits per heavy atom. The highest BCUT2D eigenvalue weighted by molar-refractivity contribution is 5.41. The fourth-order valence-corrected chi connectivity index (χ4v) is 1.64. The van der Waals surface area contributed by atoms with Crippen molar-refractivity contribution >= 4 is 0 Å². The van der Waals surface area contributed by atoms with Crippen LogP contribution in [0.2, 0.25) is 0 Å². The van der Waals surface area contributed by atoms with Gasteiger partial charge >= 0.3 is 0 Å². The SMILES string of the molecule is CC(C)(C)Oc1cc(OC2CC2)c(OC(C)(C)C)cn1. The zero-order chi connectivity index (χ0) is 15.0. The van der Waals surface area contributed by atoms with E-state index < -0.39 is 0 Å². The highest BCUT2D eigenvalue weighted by atomic mass is 16.5. The van der Waals surface area contributed by atoms with Crippen molar-refractivity contribution < 1.29 is 14.2 Å². The monoisotopic (exact) mass is 279 g/mol. The fraction of sp³-hybridized carbons (Fsp3) is 0.688. The molecule has 0 saturated heterocycles. The molecule has 1 aliphatic carbocycles. The summed E-state index contributed by atoms with van der Waals surface area (Å²) >= 11 is 0. The van der Waals surface area contributed by atoms with Gasteiger partial charge in [0, 0.05) is 6.07 Å². The maximum Gasteiger partial charge on any atom is 0.217 e. The Morgan fingerprint density at radius 1 is 0.950 bits per heavy atom. The van der Waals surface area contributed by atoms with Crippen LogP contribution in [-0.2, 0) is 0 Å². The number of ether oxygens (including phenoxy) is 3. The third-order valence-corrected chi connectivity index (χ3v) is 2.45. The van der Waals surface area contributed by atoms with Crippen molar-refractivity contribution in [1.82, 2.24) is 4.98 Å². The predicted molar refractivity (Wildman–Crippen MR) is 78.6 cm³/mol. The van der Waals surface area contributed by atoms with E-state index in [4.69, 9.17) is 14.2 Å². The molecule has 4 heteroatoms. The van der Waals surface area contributed by atoms with Crippen LogP contribution in [0, 0.1) is 0 Å². The van der Waals surface area contributed by atoms with Crippen molar-refractivity contribution in [1.29, 1.82) is 0 Å². The molecule has 0 N–H and O–H groups in total. The Morgan fingerprint density at radius 2 is 1.55 bits per heavy atom. The molecule has 1 saturated carbocycles. The lowest BCUT2D eigenvalue weighted by atomic mass is 10.2. The van der Waals surface area contributed by atoms with Crippen molar-refractivity contribution in [2.45, 2.75) is 71.7 Å². The molecular formula is C16H25NO3. The molecule has 0 amide bonds. The van der Waals surface area contributed by atoms with E-state index in [9.17, 15) is 0 Å². The van der Waals surface area contributed by atoms with Gasteiger partial charge in [-0.2, -0.15) is 0 Å². The maximum absolute atomic E-state index is 5.91. The number of aromatic nitrogens is 1. The molecule has 0 atom stereocenters. The zero-order valence-corrected chi connectivity index (χ0v) is 13.3. The molecule has 1 fully saturated rings. The Kier molecular flexibility index (Phi) is 3.85. The third kappa shape index (κ3) is 4.91. The second kappa shape index (κ2) is 5.15. The van der Waals surface area contributed by atoms with Crippen molar-refractivity contribution in [2.24, 2.45) is 0 Å². The van der Waals surface area contributed by atoms with Crippen molar-refractivity contribution in [3.8, 4) is 17.4 Å². The van der Waals surface area contributed by atoms with Gasteiger partial charge in [-0.15, -0.1) is 0 Å². The molecule has 0 bridgehead atoms. The van der Waals surface area contributed by atoms with E-state index in [2.05, 4.69) is 4.98 Å². The molecule has 1 heterocycles. The van der Waals surface area contributed by atoms with Gasteiger partial charge in [-0.05, 0) is 54.4 Å². The first-order valence-corrected chi connectivity index (χ1v) is 7.17. The lowest BCUT2D eigenvalue weighted by Gasteiger charge is -2.24. The minimum atomic E-state index is -0.282. The Balaban J connectivity index is 2.22. The van der Waals surface area contributed by atoms with E-state index >= 15 is 0 Å². The highest BCUT2D eigenvalue weighted by Crippen LogP contribution is 2.37. The van der Waals surface area contributed by atoms with E-state index in [0.717, 1.165) is 18.6 Å². The predicted octanol–water partition coefficient (Wildman–Crippen LogP) is 3.98. The summed E-state index contributed by atoms with van der Waals surface area (Å²) in [5.41, 5.74) is -0.563. The van der Waals surface area contributed by atoms with Crippen LogP contribution in [0.3, 0.4) is 0 Å². The van der Waals surface area contributed by atoms with Crippen LogP contribution in [0.15, 0.2) is 12.3 Å². The van der Waals surface area contributed by atoms with Crippen molar-refractivity contribution in [3.63, 3.8) is 0 Å². The van der Waals surface area contributed by atoms with Gasteiger partial charge in [0.2, 0.25) is 5.88 Å². The van der Waals surface area contributed by atoms with E-state index in [1.54, 1.807) is 6.20 Å². The summed E-state index contributed by atoms with van der Waals surface area (Å²) in [7, 11) is 0. The molecule has 0 radical (unpaired) electrons. The van der Waals surface area contributed by atoms with Crippen LogP contribution in [-0.4, -0.2) is 22.3 Å². The molecule has 1 aromatic rings. The van der Waals surface area contributed by atoms with Crippen molar-refractivity contribution in [2.75, 3.05) is 0 Å². The molecule has 0 spiro atoms. The molecule has 1 aliphatic rings. The topological polar surface area (TPSA) is 40.6 Å². The van der Waals surface area contributed by atoms with Gasteiger partial charge in [0.05, 0.1) is 12.3 Å². The van der Waals surface area contributed by atoms with Crippen LogP contribution in [0.5, 0.6) is 17.4 Å². The summed E-state index contributed by atoms with van der Waals surface area (Å²) in [6, 6.07) is 1.82. The van der Waals surface area contributed by atoms with Gasteiger partial charge < -0.3 is 14.2 Å². The minimum Gasteiger partial charge on any atom is -0.486 e. The van der Waals surface area contributed by atoms with E-state index in [-0.39, 0.29) is 11.2 Å². The average molecular weight is 279 g/mol. The van der Waals surface area contributed by atoms with Crippen LogP contribution in [0.25, 0.3) is 0 Å². The normalized spacial score (nSPS) is 15.9. The molecule has 0 aromatic carbocycles. The van der Waals surface area contributed by atoms with Gasteiger partial charge in [-0.25, -0.2) is 4.98 Å². The van der Waals surface area contributed by atoms with E-state index in [1.165, 1.54) is 0 Å². The quantitative estimate of drug-likeness (QED) is 0.836. The van der Waals surface area contributed by atoms with Crippen LogP contribution in [0.4, 0.5) is 0 Å². The number of hydrogen-bond acceptors (Lipinski definition) is 4. The second-order valence-electron chi connectivity index (χ2n) is 7.22. The summed E-state index contributed by atoms with van der Waals surface area (Å²) in [6.45, 7) is 12.0. The maximum atomic E-state index is 5.91. The average Bonchev–Trinajstić information content (AvgIpc) is 3.01. The summed E-state index contributed by atoms with van der Waals surface area (Å²) in [5.74, 6) is 1.96. The molecule has 20 heavy (non-hydrogen) atoms. The number of rotatable bonds is 4. The van der Waals surface area contributed by atoms with E-state index in [1.807, 2.05) is 47.6 Å². The summed E-state index contributed by atoms with van der Waals surface area (Å²) in [4.78, 5) is 4.31. The summed E-state index contributed by atoms with van der Waals surface area (Å²) in [5, 5.41) is 0. The molecule has 0 unspecified atom stereocenters. The number of nitrogens with zero attached hydrogens (tertiary/aromatic N) is 1. The zero-order valence-electron chi connectivity index (χ0n) is 13.3. The molecule has 0 aliphatic heterocycles. The first kappa shape index (κ1) is 14.9. The first-order valence-electron chi connectivity index (χ1n) is 7.17. The highest BCUT2D eigenvalue weighted by Gasteiger charge is 2.27. The standard InChI is InChI=1S/C16H25NO3/c1-15(2,3)19-13-10-17-14(20-16(4,5)6)9-12(13)18-11-7-8-11/h9-11H,7-8H2,1-6H3. The van der Waals surface area contributed by atoms with Gasteiger partial charge in [-0.3, -0.25) is 0 Å². The van der Waals surface area contributed by atoms with Crippen LogP contribution in [0.1, 0.15) is 54.4 Å². The second-order valence-corrected chi connectivity index (χ2v) is 7.22. The largest absolute Gasteiger partial charge is 0.486 e. The first-order chi connectivity index (χ1) is 9.12. The van der Waals surface area contributed by atoms with Crippen LogP contribution >= 0.6 is 0 Å². The Bertz CT molecular complexity index is 468. The molecule has 112 valence electrons. The van der Waals surface area contributed by atoms with Gasteiger partial charge in [-0.1, -0.05) is 0 Å². The molecule has 4 nitrogen and oxygen atoms in total. The lowest BCUT2D eigenvalue weighted by Crippen LogP contribution is -2.25. The van der Waals surface area contributed by atoms with Gasteiger partial charge in [0.25, 0.3) is 0 Å². The molecular weight excluding hydrogens is 254 g/mol. The third-order valence-electron chi connectivity index (χ3n) is 2.45. The van der Waals surface area contributed by atoms with Gasteiger partial charge in [0.15, 0.2) is 11.5 Å². The molecule has 1 aromatic heterocycles. The Hall–Kier alpha value is -1.45. The number of hydrogen-bond donors (Lipinski definition) is 0. The minimum absolute atomic E-state index is 0.281. The fourth-order valence-electron chi connectivity index (χ4n) is 1.64. The number of pyridine rings is 1. The smallest absolute Gasteiger partial charge is 0.217 e. The van der Waals surface area contributed by atoms with Gasteiger partial charge in [0.1, 0.15) is 11.2 Å². The lowest BCUT2D eigenvalue weighted by molar-refractivity contribution is 0.113. The summed E-state index contributed by atoms with van der Waals surface area (Å²) in [6.07, 6.45) is 4.20. The Labute approximate surface area is 121 Å². The van der Waals surface area contributed by atoms with Crippen LogP contribution < -0.4 is 14.2 Å². The van der Waals surface area contributed by atoms with E-state index in [0.29, 0.717) is 17.7 Å². The summed E-state index contributed by atoms with van der Waals surface area (Å²) < 4.78 is 17.6. The molecule has 2 rings (SSSR count). The van der Waals surface area contributed by atoms with Crippen molar-refractivity contribution in [3.05, 3.63) is 12.3 Å².